The molecule has 3 aliphatic rings. The lowest BCUT2D eigenvalue weighted by Gasteiger charge is -2.31. The monoisotopic (exact) mass is 515 g/mol. The second-order valence-electron chi connectivity index (χ2n) is 11.1. The highest BCUT2D eigenvalue weighted by atomic mass is 32.1. The van der Waals surface area contributed by atoms with Gasteiger partial charge in [-0.25, -0.2) is 4.98 Å². The predicted molar refractivity (Wildman–Crippen MR) is 140 cm³/mol. The van der Waals surface area contributed by atoms with E-state index < -0.39 is 0 Å². The zero-order valence-corrected chi connectivity index (χ0v) is 22.3. The number of carbonyl (C=O) groups is 2. The van der Waals surface area contributed by atoms with E-state index in [0.717, 1.165) is 52.2 Å². The number of ether oxygens (including phenoxy) is 1. The van der Waals surface area contributed by atoms with E-state index in [-0.39, 0.29) is 41.7 Å². The van der Waals surface area contributed by atoms with Gasteiger partial charge in [-0.3, -0.25) is 19.5 Å². The van der Waals surface area contributed by atoms with Gasteiger partial charge < -0.3 is 9.64 Å². The minimum Gasteiger partial charge on any atom is -0.487 e. The van der Waals surface area contributed by atoms with Gasteiger partial charge in [0.25, 0.3) is 0 Å². The first-order chi connectivity index (χ1) is 17.7. The summed E-state index contributed by atoms with van der Waals surface area (Å²) in [5.74, 6) is 0.162. The number of carbonyl (C=O) groups excluding carboxylic acids is 2. The summed E-state index contributed by atoms with van der Waals surface area (Å²) in [6.45, 7) is 8.07. The summed E-state index contributed by atoms with van der Waals surface area (Å²) < 4.78 is 7.44. The van der Waals surface area contributed by atoms with Gasteiger partial charge in [-0.05, 0) is 62.5 Å². The van der Waals surface area contributed by atoms with E-state index in [0.29, 0.717) is 17.1 Å². The largest absolute Gasteiger partial charge is 0.487 e. The SMILES string of the molecule is Cc1cc(C#N)nc(-c2ccnc3cc(CN4C(=O)C5C(C4=O)C5(C)C)sc23)c1OC1CCCN(C)C1. The lowest BCUT2D eigenvalue weighted by molar-refractivity contribution is -0.143. The van der Waals surface area contributed by atoms with Crippen molar-refractivity contribution in [2.45, 2.75) is 46.3 Å². The second-order valence-corrected chi connectivity index (χ2v) is 12.2. The highest BCUT2D eigenvalue weighted by Gasteiger charge is 2.72. The highest BCUT2D eigenvalue weighted by Crippen LogP contribution is 2.63. The van der Waals surface area contributed by atoms with E-state index >= 15 is 0 Å². The van der Waals surface area contributed by atoms with Crippen LogP contribution in [-0.4, -0.2) is 57.8 Å². The number of aromatic nitrogens is 2. The number of imide groups is 1. The molecule has 0 N–H and O–H groups in total. The first-order valence-corrected chi connectivity index (χ1v) is 13.5. The smallest absolute Gasteiger partial charge is 0.234 e. The molecular weight excluding hydrogens is 486 g/mol. The Morgan fingerprint density at radius 1 is 1.24 bits per heavy atom. The molecule has 6 rings (SSSR count). The third-order valence-electron chi connectivity index (χ3n) is 8.06. The summed E-state index contributed by atoms with van der Waals surface area (Å²) in [5, 5.41) is 9.63. The van der Waals surface area contributed by atoms with Crippen LogP contribution in [0.25, 0.3) is 21.5 Å². The molecule has 3 fully saturated rings. The van der Waals surface area contributed by atoms with E-state index in [1.807, 2.05) is 32.9 Å². The fraction of sp³-hybridized carbons (Fsp3) is 0.464. The van der Waals surface area contributed by atoms with Crippen LogP contribution in [0.5, 0.6) is 5.75 Å². The number of hydrogen-bond donors (Lipinski definition) is 0. The van der Waals surface area contributed by atoms with Crippen LogP contribution in [0.15, 0.2) is 24.4 Å². The van der Waals surface area contributed by atoms with Gasteiger partial charge in [-0.15, -0.1) is 11.3 Å². The molecule has 1 aliphatic carbocycles. The van der Waals surface area contributed by atoms with Crippen molar-refractivity contribution in [1.82, 2.24) is 19.8 Å². The van der Waals surface area contributed by atoms with E-state index in [9.17, 15) is 14.9 Å². The minimum absolute atomic E-state index is 0.0463. The van der Waals surface area contributed by atoms with Gasteiger partial charge in [-0.2, -0.15) is 5.26 Å². The van der Waals surface area contributed by atoms with Crippen molar-refractivity contribution in [1.29, 1.82) is 5.26 Å². The molecule has 0 radical (unpaired) electrons. The van der Waals surface area contributed by atoms with Gasteiger partial charge in [0.05, 0.1) is 28.6 Å². The summed E-state index contributed by atoms with van der Waals surface area (Å²) in [6.07, 6.45) is 3.81. The summed E-state index contributed by atoms with van der Waals surface area (Å²) >= 11 is 1.50. The van der Waals surface area contributed by atoms with Crippen molar-refractivity contribution in [3.05, 3.63) is 40.5 Å². The van der Waals surface area contributed by atoms with Crippen molar-refractivity contribution in [3.63, 3.8) is 0 Å². The number of nitrogens with zero attached hydrogens (tertiary/aromatic N) is 5. The van der Waals surface area contributed by atoms with Crippen LogP contribution in [0, 0.1) is 35.5 Å². The molecule has 1 saturated carbocycles. The molecule has 2 saturated heterocycles. The quantitative estimate of drug-likeness (QED) is 0.471. The Hall–Kier alpha value is -3.35. The Bertz CT molecular complexity index is 1460. The van der Waals surface area contributed by atoms with E-state index in [2.05, 4.69) is 28.0 Å². The number of fused-ring (bicyclic) bond motifs is 2. The van der Waals surface area contributed by atoms with Gasteiger partial charge in [0.2, 0.25) is 11.8 Å². The van der Waals surface area contributed by atoms with E-state index in [1.165, 1.54) is 16.2 Å². The van der Waals surface area contributed by atoms with E-state index in [4.69, 9.17) is 4.74 Å². The average Bonchev–Trinajstić information content (AvgIpc) is 3.11. The molecule has 9 heteroatoms. The number of hydrogen-bond acceptors (Lipinski definition) is 8. The average molecular weight is 516 g/mol. The molecule has 5 heterocycles. The molecule has 3 aromatic heterocycles. The van der Waals surface area contributed by atoms with Crippen LogP contribution >= 0.6 is 11.3 Å². The number of amides is 2. The molecule has 0 bridgehead atoms. The topological polar surface area (TPSA) is 99.4 Å². The van der Waals surface area contributed by atoms with Crippen LogP contribution in [0.4, 0.5) is 0 Å². The first kappa shape index (κ1) is 24.0. The fourth-order valence-corrected chi connectivity index (χ4v) is 7.12. The van der Waals surface area contributed by atoms with Crippen LogP contribution in [-0.2, 0) is 16.1 Å². The summed E-state index contributed by atoms with van der Waals surface area (Å²) in [7, 11) is 2.10. The Balaban J connectivity index is 1.37. The second kappa shape index (κ2) is 8.61. The number of piperidine rings is 2. The Morgan fingerprint density at radius 2 is 2.00 bits per heavy atom. The first-order valence-electron chi connectivity index (χ1n) is 12.7. The van der Waals surface area contributed by atoms with Crippen molar-refractivity contribution in [2.75, 3.05) is 20.1 Å². The number of aryl methyl sites for hydroxylation is 1. The molecule has 0 spiro atoms. The van der Waals surface area contributed by atoms with Crippen LogP contribution in [0.2, 0.25) is 0 Å². The zero-order chi connectivity index (χ0) is 26.1. The fourth-order valence-electron chi connectivity index (χ4n) is 6.00. The molecule has 2 amide bonds. The van der Waals surface area contributed by atoms with Crippen molar-refractivity contribution >= 4 is 33.4 Å². The zero-order valence-electron chi connectivity index (χ0n) is 21.4. The van der Waals surface area contributed by atoms with Gasteiger partial charge >= 0.3 is 0 Å². The Kier molecular flexibility index (Phi) is 5.58. The maximum absolute atomic E-state index is 12.9. The van der Waals surface area contributed by atoms with Gasteiger partial charge in [0, 0.05) is 23.2 Å². The maximum Gasteiger partial charge on any atom is 0.234 e. The molecule has 37 heavy (non-hydrogen) atoms. The Morgan fingerprint density at radius 3 is 2.70 bits per heavy atom. The lowest BCUT2D eigenvalue weighted by atomic mass is 10.1. The number of likely N-dealkylation sites (N-methyl/N-ethyl adjacent to an activating group) is 1. The summed E-state index contributed by atoms with van der Waals surface area (Å²) in [6, 6.07) is 7.78. The molecule has 2 aliphatic heterocycles. The normalized spacial score (nSPS) is 24.8. The van der Waals surface area contributed by atoms with Crippen LogP contribution < -0.4 is 4.74 Å². The van der Waals surface area contributed by atoms with Crippen LogP contribution in [0.3, 0.4) is 0 Å². The molecule has 0 aromatic carbocycles. The third kappa shape index (κ3) is 3.90. The number of pyridine rings is 2. The molecule has 3 aromatic rings. The minimum atomic E-state index is -0.224. The summed E-state index contributed by atoms with van der Waals surface area (Å²) in [4.78, 5) is 39.6. The van der Waals surface area contributed by atoms with Gasteiger partial charge in [-0.1, -0.05) is 13.8 Å². The molecule has 3 atom stereocenters. The van der Waals surface area contributed by atoms with Gasteiger partial charge in [0.1, 0.15) is 29.3 Å². The summed E-state index contributed by atoms with van der Waals surface area (Å²) in [5.41, 5.74) is 3.21. The maximum atomic E-state index is 12.9. The predicted octanol–water partition coefficient (Wildman–Crippen LogP) is 4.15. The molecular formula is C28H29N5O3S. The molecule has 3 unspecified atom stereocenters. The van der Waals surface area contributed by atoms with Crippen LogP contribution in [0.1, 0.15) is 42.8 Å². The highest BCUT2D eigenvalue weighted by molar-refractivity contribution is 7.19. The number of rotatable bonds is 5. The molecule has 190 valence electrons. The number of likely N-dealkylation sites (tertiary alicyclic amines) is 2. The third-order valence-corrected chi connectivity index (χ3v) is 9.20. The number of thiophene rings is 1. The van der Waals surface area contributed by atoms with Crippen molar-refractivity contribution < 1.29 is 14.3 Å². The standard InChI is InChI=1S/C28H29N5O3S/c1-15-10-16(12-29)31-23(24(15)36-17-6-5-9-32(4)13-17)19-7-8-30-20-11-18(37-25(19)20)14-33-26(34)21-22(27(33)35)28(21,2)3/h7-8,10-11,17,21-22H,5-6,9,13-14H2,1-4H3. The Labute approximate surface area is 219 Å². The molecule has 8 nitrogen and oxygen atoms in total. The van der Waals surface area contributed by atoms with E-state index in [1.54, 1.807) is 12.3 Å². The van der Waals surface area contributed by atoms with Crippen molar-refractivity contribution in [3.8, 4) is 23.1 Å². The van der Waals surface area contributed by atoms with Crippen molar-refractivity contribution in [2.24, 2.45) is 17.3 Å². The lowest BCUT2D eigenvalue weighted by Crippen LogP contribution is -2.38. The van der Waals surface area contributed by atoms with Gasteiger partial charge in [0.15, 0.2) is 0 Å². The number of nitriles is 1.